The predicted molar refractivity (Wildman–Crippen MR) is 197 cm³/mol. The molecule has 4 atom stereocenters. The number of rotatable bonds is 14. The number of carbonyl (C=O) groups is 1. The first-order valence-corrected chi connectivity index (χ1v) is 22.1. The van der Waals surface area contributed by atoms with E-state index in [1.807, 2.05) is 49.9 Å². The van der Waals surface area contributed by atoms with Gasteiger partial charge in [0, 0.05) is 51.0 Å². The minimum atomic E-state index is -1.30. The number of ether oxygens (including phenoxy) is 7. The zero-order chi connectivity index (χ0) is 36.2. The number of nitrogens with zero attached hydrogens (tertiary/aromatic N) is 4. The molecule has 12 nitrogen and oxygen atoms in total. The number of piperidine rings is 1. The number of aromatic nitrogens is 3. The fraction of sp³-hybridized carbons (Fsp3) is 0.658. The number of morpholine rings is 1. The van der Waals surface area contributed by atoms with Crippen LogP contribution in [0.1, 0.15) is 57.2 Å². The third kappa shape index (κ3) is 9.30. The van der Waals surface area contributed by atoms with Crippen LogP contribution >= 0.6 is 0 Å². The van der Waals surface area contributed by atoms with E-state index in [9.17, 15) is 4.79 Å². The Hall–Kier alpha value is -3.07. The molecule has 0 N–H and O–H groups in total. The Morgan fingerprint density at radius 3 is 2.47 bits per heavy atom. The summed E-state index contributed by atoms with van der Waals surface area (Å²) >= 11 is 0. The van der Waals surface area contributed by atoms with Crippen LogP contribution in [0.4, 0.5) is 4.79 Å². The van der Waals surface area contributed by atoms with Gasteiger partial charge in [0.05, 0.1) is 50.3 Å². The van der Waals surface area contributed by atoms with Gasteiger partial charge in [-0.1, -0.05) is 31.8 Å². The number of fused-ring (bicyclic) bond motifs is 3. The van der Waals surface area contributed by atoms with Crippen LogP contribution < -0.4 is 4.74 Å². The molecule has 3 fully saturated rings. The lowest BCUT2D eigenvalue weighted by atomic mass is 9.81. The average molecular weight is 725 g/mol. The van der Waals surface area contributed by atoms with Crippen molar-refractivity contribution in [3.05, 3.63) is 41.6 Å². The van der Waals surface area contributed by atoms with Gasteiger partial charge in [-0.2, -0.15) is 0 Å². The van der Waals surface area contributed by atoms with Crippen molar-refractivity contribution in [1.82, 2.24) is 19.7 Å². The molecule has 51 heavy (non-hydrogen) atoms. The Labute approximate surface area is 303 Å². The summed E-state index contributed by atoms with van der Waals surface area (Å²) in [5.41, 5.74) is 4.12. The first-order chi connectivity index (χ1) is 24.4. The minimum absolute atomic E-state index is 0.0976. The van der Waals surface area contributed by atoms with E-state index in [-0.39, 0.29) is 37.0 Å². The van der Waals surface area contributed by atoms with Crippen LogP contribution in [-0.2, 0) is 41.6 Å². The molecular formula is C38H56N4O8Si. The van der Waals surface area contributed by atoms with Crippen molar-refractivity contribution in [3.8, 4) is 17.0 Å². The maximum Gasteiger partial charge on any atom is 0.410 e. The largest absolute Gasteiger partial charge is 0.467 e. The number of amides is 1. The normalized spacial score (nSPS) is 22.5. The standard InChI is InChI=1S/C38H56N4O8Si/c1-38(2,3)50-37(43)42-27-18-26(19-28(42)22-47-21-27)35-30(13-15-48-29-12-14-45-23-29)32-20-33(31-10-8-9-11-34(31)49-25-44-4)39-40-36(32)41(35)24-46-16-17-51(5,6)7/h8-11,20,26-29H,12-19,21-25H2,1-7H3/t26?,27-,28+,29?. The van der Waals surface area contributed by atoms with Gasteiger partial charge in [0.25, 0.3) is 0 Å². The van der Waals surface area contributed by atoms with Crippen molar-refractivity contribution in [2.24, 2.45) is 0 Å². The highest BCUT2D eigenvalue weighted by molar-refractivity contribution is 6.76. The smallest absolute Gasteiger partial charge is 0.410 e. The molecule has 0 radical (unpaired) electrons. The predicted octanol–water partition coefficient (Wildman–Crippen LogP) is 6.62. The van der Waals surface area contributed by atoms with Crippen LogP contribution in [0.5, 0.6) is 5.75 Å². The Morgan fingerprint density at radius 1 is 1.02 bits per heavy atom. The van der Waals surface area contributed by atoms with Gasteiger partial charge in [0.15, 0.2) is 12.4 Å². The third-order valence-corrected chi connectivity index (χ3v) is 11.5. The summed E-state index contributed by atoms with van der Waals surface area (Å²) in [7, 11) is 0.301. The molecule has 6 rings (SSSR count). The van der Waals surface area contributed by atoms with Crippen LogP contribution in [0.25, 0.3) is 22.3 Å². The molecular weight excluding hydrogens is 669 g/mol. The molecule has 1 amide bonds. The Balaban J connectivity index is 1.41. The summed E-state index contributed by atoms with van der Waals surface area (Å²) in [6.07, 6.45) is 2.89. The summed E-state index contributed by atoms with van der Waals surface area (Å²) in [5, 5.41) is 10.7. The summed E-state index contributed by atoms with van der Waals surface area (Å²) in [4.78, 5) is 15.4. The summed E-state index contributed by atoms with van der Waals surface area (Å²) in [5.74, 6) is 0.804. The van der Waals surface area contributed by atoms with E-state index in [0.29, 0.717) is 57.6 Å². The Bertz CT molecular complexity index is 1620. The highest BCUT2D eigenvalue weighted by Gasteiger charge is 2.45. The fourth-order valence-corrected chi connectivity index (χ4v) is 8.15. The number of para-hydroxylation sites is 1. The van der Waals surface area contributed by atoms with Gasteiger partial charge >= 0.3 is 6.09 Å². The molecule has 1 aromatic carbocycles. The second-order valence-corrected chi connectivity index (χ2v) is 21.8. The zero-order valence-corrected chi connectivity index (χ0v) is 32.4. The van der Waals surface area contributed by atoms with Crippen molar-refractivity contribution in [2.45, 2.75) is 109 Å². The zero-order valence-electron chi connectivity index (χ0n) is 31.4. The summed E-state index contributed by atoms with van der Waals surface area (Å²) in [6, 6.07) is 10.8. The fourth-order valence-electron chi connectivity index (χ4n) is 7.40. The van der Waals surface area contributed by atoms with E-state index in [1.54, 1.807) is 7.11 Å². The van der Waals surface area contributed by atoms with Crippen molar-refractivity contribution in [2.75, 3.05) is 53.5 Å². The van der Waals surface area contributed by atoms with E-state index in [4.69, 9.17) is 43.4 Å². The first kappa shape index (κ1) is 37.7. The Kier molecular flexibility index (Phi) is 12.0. The maximum absolute atomic E-state index is 13.5. The highest BCUT2D eigenvalue weighted by atomic mass is 28.3. The van der Waals surface area contributed by atoms with Gasteiger partial charge in [-0.05, 0) is 76.3 Å². The van der Waals surface area contributed by atoms with Crippen molar-refractivity contribution in [3.63, 3.8) is 0 Å². The number of carbonyl (C=O) groups excluding carboxylic acids is 1. The maximum atomic E-state index is 13.5. The topological polar surface area (TPSA) is 116 Å². The van der Waals surface area contributed by atoms with Gasteiger partial charge in [-0.15, -0.1) is 10.2 Å². The van der Waals surface area contributed by atoms with Crippen molar-refractivity contribution >= 4 is 25.2 Å². The number of hydrogen-bond acceptors (Lipinski definition) is 10. The molecule has 3 saturated heterocycles. The summed E-state index contributed by atoms with van der Waals surface area (Å²) < 4.78 is 43.7. The molecule has 3 aromatic rings. The molecule has 3 aliphatic heterocycles. The Morgan fingerprint density at radius 2 is 1.78 bits per heavy atom. The van der Waals surface area contributed by atoms with Gasteiger partial charge in [-0.25, -0.2) is 4.79 Å². The van der Waals surface area contributed by atoms with Crippen molar-refractivity contribution < 1.29 is 38.0 Å². The second kappa shape index (κ2) is 16.3. The van der Waals surface area contributed by atoms with E-state index < -0.39 is 13.7 Å². The molecule has 2 bridgehead atoms. The quantitative estimate of drug-likeness (QED) is 0.102. The highest BCUT2D eigenvalue weighted by Crippen LogP contribution is 2.43. The van der Waals surface area contributed by atoms with Crippen LogP contribution in [0.2, 0.25) is 25.7 Å². The van der Waals surface area contributed by atoms with Crippen LogP contribution in [0.15, 0.2) is 30.3 Å². The van der Waals surface area contributed by atoms with Crippen LogP contribution in [0.3, 0.4) is 0 Å². The summed E-state index contributed by atoms with van der Waals surface area (Å²) in [6.45, 7) is 16.8. The molecule has 280 valence electrons. The monoisotopic (exact) mass is 724 g/mol. The lowest BCUT2D eigenvalue weighted by Gasteiger charge is -2.48. The SMILES string of the molecule is COCOc1ccccc1-c1cc2c(CCOC3CCOC3)c(C3C[C@H]4COC[C@@H](C3)N4C(=O)OC(C)(C)C)n(COCC[Si](C)(C)C)c2nn1. The first-order valence-electron chi connectivity index (χ1n) is 18.4. The molecule has 3 aliphatic rings. The van der Waals surface area contributed by atoms with Crippen LogP contribution in [-0.4, -0.2) is 111 Å². The average Bonchev–Trinajstić information content (AvgIpc) is 3.70. The lowest BCUT2D eigenvalue weighted by molar-refractivity contribution is -0.0832. The van der Waals surface area contributed by atoms with Crippen molar-refractivity contribution in [1.29, 1.82) is 0 Å². The van der Waals surface area contributed by atoms with E-state index in [0.717, 1.165) is 48.5 Å². The van der Waals surface area contributed by atoms with Gasteiger partial charge < -0.3 is 37.7 Å². The minimum Gasteiger partial charge on any atom is -0.467 e. The van der Waals surface area contributed by atoms with Gasteiger partial charge in [0.1, 0.15) is 18.1 Å². The van der Waals surface area contributed by atoms with Gasteiger partial charge in [0.2, 0.25) is 0 Å². The number of methoxy groups -OCH3 is 1. The lowest BCUT2D eigenvalue weighted by Crippen LogP contribution is -2.59. The third-order valence-electron chi connectivity index (χ3n) is 9.77. The molecule has 0 spiro atoms. The molecule has 2 aromatic heterocycles. The number of benzene rings is 1. The van der Waals surface area contributed by atoms with Crippen LogP contribution in [0, 0.1) is 0 Å². The molecule has 13 heteroatoms. The molecule has 0 saturated carbocycles. The van der Waals surface area contributed by atoms with Gasteiger partial charge in [-0.3, -0.25) is 4.90 Å². The van der Waals surface area contributed by atoms with E-state index >= 15 is 0 Å². The van der Waals surface area contributed by atoms with E-state index in [1.165, 1.54) is 11.3 Å². The molecule has 0 aliphatic carbocycles. The second-order valence-electron chi connectivity index (χ2n) is 16.2. The number of hydrogen-bond donors (Lipinski definition) is 0. The molecule has 5 heterocycles. The van der Waals surface area contributed by atoms with E-state index in [2.05, 4.69) is 30.3 Å². The molecule has 2 unspecified atom stereocenters.